The van der Waals surface area contributed by atoms with Gasteiger partial charge in [0.25, 0.3) is 11.8 Å². The number of ether oxygens (including phenoxy) is 1. The minimum atomic E-state index is -1.06. The zero-order chi connectivity index (χ0) is 28.5. The Bertz CT molecular complexity index is 1300. The maximum absolute atomic E-state index is 13.3. The summed E-state index contributed by atoms with van der Waals surface area (Å²) in [4.78, 5) is 48.2. The topological polar surface area (TPSA) is 143 Å². The number of carbonyl (C=O) groups is 3. The van der Waals surface area contributed by atoms with Crippen molar-refractivity contribution >= 4 is 35.1 Å². The Kier molecular flexibility index (Phi) is 10.1. The fourth-order valence-corrected chi connectivity index (χ4v) is 5.33. The molecule has 10 nitrogen and oxygen atoms in total. The van der Waals surface area contributed by atoms with Crippen molar-refractivity contribution in [2.45, 2.75) is 64.5 Å². The highest BCUT2D eigenvalue weighted by atomic mass is 32.1. The van der Waals surface area contributed by atoms with E-state index in [4.69, 9.17) is 4.74 Å². The smallest absolute Gasteiger partial charge is 0.330 e. The van der Waals surface area contributed by atoms with Crippen LogP contribution in [0.4, 0.5) is 5.95 Å². The molecule has 1 aromatic carbocycles. The number of anilines is 1. The van der Waals surface area contributed by atoms with E-state index in [9.17, 15) is 19.5 Å². The van der Waals surface area contributed by atoms with E-state index < -0.39 is 17.9 Å². The SMILES string of the molecule is Cc1nc(NCCCc2cccc(O)c2)nc(C)c1C(=O)N[C@@H](CNC(=O)c1cccs1)C(=O)OC1CCCC1. The molecule has 1 aliphatic carbocycles. The fourth-order valence-electron chi connectivity index (χ4n) is 4.69. The number of rotatable bonds is 12. The Morgan fingerprint density at radius 3 is 2.50 bits per heavy atom. The summed E-state index contributed by atoms with van der Waals surface area (Å²) >= 11 is 1.29. The Morgan fingerprint density at radius 2 is 1.82 bits per heavy atom. The van der Waals surface area contributed by atoms with Gasteiger partial charge in [-0.15, -0.1) is 11.3 Å². The molecule has 1 saturated carbocycles. The van der Waals surface area contributed by atoms with E-state index in [1.165, 1.54) is 11.3 Å². The lowest BCUT2D eigenvalue weighted by atomic mass is 10.1. The van der Waals surface area contributed by atoms with Crippen molar-refractivity contribution in [2.75, 3.05) is 18.4 Å². The number of amides is 2. The van der Waals surface area contributed by atoms with Crippen molar-refractivity contribution in [3.63, 3.8) is 0 Å². The Hall–Kier alpha value is -3.99. The third-order valence-electron chi connectivity index (χ3n) is 6.72. The molecular weight excluding hydrogens is 530 g/mol. The van der Waals surface area contributed by atoms with Gasteiger partial charge in [0.05, 0.1) is 21.8 Å². The van der Waals surface area contributed by atoms with Crippen molar-refractivity contribution in [3.05, 3.63) is 69.2 Å². The molecular formula is C29H35N5O5S. The van der Waals surface area contributed by atoms with Crippen molar-refractivity contribution in [1.82, 2.24) is 20.6 Å². The van der Waals surface area contributed by atoms with E-state index >= 15 is 0 Å². The third kappa shape index (κ3) is 8.01. The molecule has 0 radical (unpaired) electrons. The first kappa shape index (κ1) is 29.0. The molecule has 2 aromatic heterocycles. The van der Waals surface area contributed by atoms with Gasteiger partial charge in [0.15, 0.2) is 0 Å². The number of nitrogens with zero attached hydrogens (tertiary/aromatic N) is 2. The number of phenolic OH excluding ortho intramolecular Hbond substituents is 1. The number of esters is 1. The Morgan fingerprint density at radius 1 is 1.07 bits per heavy atom. The van der Waals surface area contributed by atoms with Gasteiger partial charge in [-0.1, -0.05) is 18.2 Å². The van der Waals surface area contributed by atoms with Crippen LogP contribution in [0, 0.1) is 13.8 Å². The summed E-state index contributed by atoms with van der Waals surface area (Å²) < 4.78 is 5.65. The van der Waals surface area contributed by atoms with Gasteiger partial charge >= 0.3 is 5.97 Å². The number of benzene rings is 1. The van der Waals surface area contributed by atoms with Crippen LogP contribution in [-0.4, -0.2) is 58.1 Å². The molecule has 4 rings (SSSR count). The lowest BCUT2D eigenvalue weighted by Gasteiger charge is -2.21. The van der Waals surface area contributed by atoms with Gasteiger partial charge in [-0.25, -0.2) is 14.8 Å². The molecule has 4 N–H and O–H groups in total. The van der Waals surface area contributed by atoms with E-state index in [1.807, 2.05) is 12.1 Å². The highest BCUT2D eigenvalue weighted by molar-refractivity contribution is 7.12. The number of aromatic hydroxyl groups is 1. The summed E-state index contributed by atoms with van der Waals surface area (Å²) in [6, 6.07) is 9.55. The number of thiophene rings is 1. The van der Waals surface area contributed by atoms with Gasteiger partial charge in [-0.3, -0.25) is 9.59 Å². The molecule has 2 amide bonds. The van der Waals surface area contributed by atoms with Crippen molar-refractivity contribution in [3.8, 4) is 5.75 Å². The van der Waals surface area contributed by atoms with E-state index in [-0.39, 0.29) is 29.9 Å². The maximum Gasteiger partial charge on any atom is 0.330 e. The summed E-state index contributed by atoms with van der Waals surface area (Å²) in [7, 11) is 0. The van der Waals surface area contributed by atoms with Crippen molar-refractivity contribution < 1.29 is 24.2 Å². The van der Waals surface area contributed by atoms with E-state index in [2.05, 4.69) is 25.9 Å². The van der Waals surface area contributed by atoms with Crippen LogP contribution in [0.2, 0.25) is 0 Å². The number of aromatic nitrogens is 2. The van der Waals surface area contributed by atoms with Crippen LogP contribution >= 0.6 is 11.3 Å². The number of aryl methyl sites for hydroxylation is 3. The van der Waals surface area contributed by atoms with Gasteiger partial charge in [-0.2, -0.15) is 0 Å². The van der Waals surface area contributed by atoms with Crippen LogP contribution in [0.25, 0.3) is 0 Å². The monoisotopic (exact) mass is 565 g/mol. The molecule has 212 valence electrons. The second-order valence-corrected chi connectivity index (χ2v) is 10.8. The zero-order valence-corrected chi connectivity index (χ0v) is 23.6. The van der Waals surface area contributed by atoms with Gasteiger partial charge in [0.2, 0.25) is 5.95 Å². The second kappa shape index (κ2) is 13.9. The predicted molar refractivity (Wildman–Crippen MR) is 153 cm³/mol. The van der Waals surface area contributed by atoms with Gasteiger partial charge < -0.3 is 25.8 Å². The highest BCUT2D eigenvalue weighted by Crippen LogP contribution is 2.22. The molecule has 3 aromatic rings. The van der Waals surface area contributed by atoms with Gasteiger partial charge in [0, 0.05) is 13.1 Å². The molecule has 0 aliphatic heterocycles. The Balaban J connectivity index is 1.38. The van der Waals surface area contributed by atoms with Gasteiger partial charge in [0.1, 0.15) is 17.9 Å². The standard InChI is InChI=1S/C29H35N5O5S/c1-18-25(19(2)33-29(32-18)30-14-6-9-20-8-5-10-21(35)16-20)27(37)34-23(28(38)39-22-11-3-4-12-22)17-31-26(36)24-13-7-15-40-24/h5,7-8,10,13,15-16,22-23,35H,3-4,6,9,11-12,14,17H2,1-2H3,(H,31,36)(H,34,37)(H,30,32,33)/t23-/m0/s1. The molecule has 2 heterocycles. The first-order chi connectivity index (χ1) is 19.3. The second-order valence-electron chi connectivity index (χ2n) is 9.85. The van der Waals surface area contributed by atoms with Gasteiger partial charge in [-0.05, 0) is 81.5 Å². The van der Waals surface area contributed by atoms with Crippen LogP contribution in [0.1, 0.15) is 69.1 Å². The molecule has 40 heavy (non-hydrogen) atoms. The van der Waals surface area contributed by atoms with Crippen LogP contribution in [0.15, 0.2) is 41.8 Å². The lowest BCUT2D eigenvalue weighted by molar-refractivity contribution is -0.150. The number of phenols is 1. The number of hydrogen-bond donors (Lipinski definition) is 4. The van der Waals surface area contributed by atoms with Crippen LogP contribution < -0.4 is 16.0 Å². The van der Waals surface area contributed by atoms with Crippen LogP contribution in [0.5, 0.6) is 5.75 Å². The van der Waals surface area contributed by atoms with Crippen LogP contribution in [0.3, 0.4) is 0 Å². The summed E-state index contributed by atoms with van der Waals surface area (Å²) in [6.45, 7) is 3.93. The Labute approximate surface area is 237 Å². The van der Waals surface area contributed by atoms with E-state index in [0.29, 0.717) is 28.8 Å². The fraction of sp³-hybridized carbons (Fsp3) is 0.414. The average Bonchev–Trinajstić information content (AvgIpc) is 3.63. The molecule has 11 heteroatoms. The molecule has 0 bridgehead atoms. The summed E-state index contributed by atoms with van der Waals surface area (Å²) in [5.74, 6) is -0.758. The first-order valence-corrected chi connectivity index (χ1v) is 14.4. The predicted octanol–water partition coefficient (Wildman–Crippen LogP) is 3.92. The summed E-state index contributed by atoms with van der Waals surface area (Å²) in [5, 5.41) is 20.1. The zero-order valence-electron chi connectivity index (χ0n) is 22.7. The summed E-state index contributed by atoms with van der Waals surface area (Å²) in [6.07, 6.45) is 4.98. The molecule has 0 saturated heterocycles. The van der Waals surface area contributed by atoms with E-state index in [0.717, 1.165) is 44.1 Å². The highest BCUT2D eigenvalue weighted by Gasteiger charge is 2.29. The molecule has 1 fully saturated rings. The number of hydrogen-bond acceptors (Lipinski definition) is 9. The van der Waals surface area contributed by atoms with Crippen LogP contribution in [-0.2, 0) is 16.0 Å². The average molecular weight is 566 g/mol. The molecule has 0 spiro atoms. The third-order valence-corrected chi connectivity index (χ3v) is 7.59. The van der Waals surface area contributed by atoms with Crippen molar-refractivity contribution in [1.29, 1.82) is 0 Å². The quantitative estimate of drug-likeness (QED) is 0.191. The minimum Gasteiger partial charge on any atom is -0.508 e. The van der Waals surface area contributed by atoms with E-state index in [1.54, 1.807) is 43.5 Å². The largest absolute Gasteiger partial charge is 0.508 e. The molecule has 1 atom stereocenters. The minimum absolute atomic E-state index is 0.105. The molecule has 1 aliphatic rings. The number of carbonyl (C=O) groups excluding carboxylic acids is 3. The molecule has 0 unspecified atom stereocenters. The summed E-state index contributed by atoms with van der Waals surface area (Å²) in [5.41, 5.74) is 2.24. The van der Waals surface area contributed by atoms with Crippen molar-refractivity contribution in [2.24, 2.45) is 0 Å². The normalized spacial score (nSPS) is 13.9. The maximum atomic E-state index is 13.3. The lowest BCUT2D eigenvalue weighted by Crippen LogP contribution is -2.50. The first-order valence-electron chi connectivity index (χ1n) is 13.5. The number of nitrogens with one attached hydrogen (secondary N) is 3.